The van der Waals surface area contributed by atoms with Crippen LogP contribution in [0.15, 0.2) is 30.3 Å². The van der Waals surface area contributed by atoms with Crippen molar-refractivity contribution in [2.24, 2.45) is 5.92 Å². The standard InChI is InChI=1S/C14H20N2O3/c1-3-10(2)12(13(17)18)16-14(19)15-9-11-7-5-4-6-8-11/h4-8,10,12H,3,9H2,1-2H3,(H,17,18)(H2,15,16,19)/t10-,12-/m0/s1. The Bertz CT molecular complexity index is 420. The van der Waals surface area contributed by atoms with Gasteiger partial charge in [0.15, 0.2) is 0 Å². The van der Waals surface area contributed by atoms with Gasteiger partial charge in [-0.25, -0.2) is 9.59 Å². The maximum atomic E-state index is 11.7. The Morgan fingerprint density at radius 1 is 1.26 bits per heavy atom. The molecule has 0 spiro atoms. The minimum absolute atomic E-state index is 0.111. The molecule has 0 saturated carbocycles. The van der Waals surface area contributed by atoms with Crippen LogP contribution < -0.4 is 10.6 Å². The zero-order valence-electron chi connectivity index (χ0n) is 11.2. The largest absolute Gasteiger partial charge is 0.480 e. The minimum Gasteiger partial charge on any atom is -0.480 e. The van der Waals surface area contributed by atoms with Gasteiger partial charge < -0.3 is 15.7 Å². The molecule has 1 rings (SSSR count). The Morgan fingerprint density at radius 3 is 2.42 bits per heavy atom. The van der Waals surface area contributed by atoms with Gasteiger partial charge in [-0.05, 0) is 11.5 Å². The van der Waals surface area contributed by atoms with E-state index in [1.165, 1.54) is 0 Å². The van der Waals surface area contributed by atoms with Crippen LogP contribution in [0.25, 0.3) is 0 Å². The number of hydrogen-bond acceptors (Lipinski definition) is 2. The summed E-state index contributed by atoms with van der Waals surface area (Å²) in [6.07, 6.45) is 0.690. The van der Waals surface area contributed by atoms with Gasteiger partial charge in [-0.1, -0.05) is 50.6 Å². The van der Waals surface area contributed by atoms with Crippen molar-refractivity contribution in [3.05, 3.63) is 35.9 Å². The van der Waals surface area contributed by atoms with Crippen LogP contribution in [0, 0.1) is 5.92 Å². The minimum atomic E-state index is -1.01. The molecule has 0 aliphatic heterocycles. The summed E-state index contributed by atoms with van der Waals surface area (Å²) >= 11 is 0. The molecule has 2 amide bonds. The van der Waals surface area contributed by atoms with E-state index in [2.05, 4.69) is 10.6 Å². The van der Waals surface area contributed by atoms with Crippen LogP contribution in [0.1, 0.15) is 25.8 Å². The number of hydrogen-bond donors (Lipinski definition) is 3. The van der Waals surface area contributed by atoms with Crippen molar-refractivity contribution in [2.45, 2.75) is 32.9 Å². The van der Waals surface area contributed by atoms with Gasteiger partial charge in [0.25, 0.3) is 0 Å². The van der Waals surface area contributed by atoms with E-state index in [0.29, 0.717) is 13.0 Å². The molecular formula is C14H20N2O3. The quantitative estimate of drug-likeness (QED) is 0.735. The molecule has 0 aliphatic rings. The molecule has 0 saturated heterocycles. The predicted octanol–water partition coefficient (Wildman–Crippen LogP) is 1.99. The monoisotopic (exact) mass is 264 g/mol. The molecular weight excluding hydrogens is 244 g/mol. The number of amides is 2. The fourth-order valence-electron chi connectivity index (χ4n) is 1.65. The SMILES string of the molecule is CC[C@H](C)[C@H](NC(=O)NCc1ccccc1)C(=O)O. The van der Waals surface area contributed by atoms with Crippen molar-refractivity contribution in [1.29, 1.82) is 0 Å². The summed E-state index contributed by atoms with van der Waals surface area (Å²) in [6.45, 7) is 4.07. The van der Waals surface area contributed by atoms with Gasteiger partial charge >= 0.3 is 12.0 Å². The van der Waals surface area contributed by atoms with Crippen molar-refractivity contribution in [3.8, 4) is 0 Å². The van der Waals surface area contributed by atoms with Gasteiger partial charge in [0.05, 0.1) is 0 Å². The maximum Gasteiger partial charge on any atom is 0.326 e. The van der Waals surface area contributed by atoms with Crippen LogP contribution in [0.5, 0.6) is 0 Å². The molecule has 0 unspecified atom stereocenters. The second-order valence-electron chi connectivity index (χ2n) is 4.51. The summed E-state index contributed by atoms with van der Waals surface area (Å²) in [7, 11) is 0. The first-order chi connectivity index (χ1) is 9.04. The third kappa shape index (κ3) is 4.99. The van der Waals surface area contributed by atoms with Gasteiger partial charge in [0, 0.05) is 6.54 Å². The van der Waals surface area contributed by atoms with E-state index in [-0.39, 0.29) is 5.92 Å². The number of aliphatic carboxylic acids is 1. The van der Waals surface area contributed by atoms with E-state index in [1.807, 2.05) is 37.3 Å². The first-order valence-electron chi connectivity index (χ1n) is 6.35. The molecule has 5 nitrogen and oxygen atoms in total. The first kappa shape index (κ1) is 15.0. The number of carboxylic acids is 1. The molecule has 0 aliphatic carbocycles. The lowest BCUT2D eigenvalue weighted by Crippen LogP contribution is -2.48. The predicted molar refractivity (Wildman–Crippen MR) is 72.7 cm³/mol. The van der Waals surface area contributed by atoms with E-state index in [9.17, 15) is 9.59 Å². The van der Waals surface area contributed by atoms with Crippen LogP contribution >= 0.6 is 0 Å². The molecule has 0 aromatic heterocycles. The van der Waals surface area contributed by atoms with E-state index < -0.39 is 18.0 Å². The lowest BCUT2D eigenvalue weighted by Gasteiger charge is -2.20. The average molecular weight is 264 g/mol. The second kappa shape index (κ2) is 7.41. The molecule has 0 heterocycles. The molecule has 1 aromatic rings. The van der Waals surface area contributed by atoms with Crippen molar-refractivity contribution in [1.82, 2.24) is 10.6 Å². The maximum absolute atomic E-state index is 11.7. The number of urea groups is 1. The molecule has 5 heteroatoms. The molecule has 104 valence electrons. The van der Waals surface area contributed by atoms with Gasteiger partial charge in [-0.3, -0.25) is 0 Å². The summed E-state index contributed by atoms with van der Waals surface area (Å²) < 4.78 is 0. The Balaban J connectivity index is 2.47. The number of benzene rings is 1. The summed E-state index contributed by atoms with van der Waals surface area (Å²) in [5.41, 5.74) is 0.966. The van der Waals surface area contributed by atoms with Crippen molar-refractivity contribution < 1.29 is 14.7 Å². The first-order valence-corrected chi connectivity index (χ1v) is 6.35. The van der Waals surface area contributed by atoms with Crippen LogP contribution in [-0.4, -0.2) is 23.1 Å². The molecule has 1 aromatic carbocycles. The summed E-state index contributed by atoms with van der Waals surface area (Å²) in [4.78, 5) is 22.7. The number of carbonyl (C=O) groups is 2. The number of carbonyl (C=O) groups excluding carboxylic acids is 1. The fraction of sp³-hybridized carbons (Fsp3) is 0.429. The highest BCUT2D eigenvalue weighted by Gasteiger charge is 2.24. The van der Waals surface area contributed by atoms with Crippen LogP contribution in [-0.2, 0) is 11.3 Å². The number of rotatable bonds is 6. The normalized spacial score (nSPS) is 13.4. The molecule has 2 atom stereocenters. The van der Waals surface area contributed by atoms with Crippen molar-refractivity contribution in [3.63, 3.8) is 0 Å². The Morgan fingerprint density at radius 2 is 1.89 bits per heavy atom. The highest BCUT2D eigenvalue weighted by Crippen LogP contribution is 2.07. The lowest BCUT2D eigenvalue weighted by atomic mass is 9.99. The highest BCUT2D eigenvalue weighted by atomic mass is 16.4. The van der Waals surface area contributed by atoms with Gasteiger partial charge in [-0.15, -0.1) is 0 Å². The van der Waals surface area contributed by atoms with Gasteiger partial charge in [-0.2, -0.15) is 0 Å². The number of nitrogens with one attached hydrogen (secondary N) is 2. The van der Waals surface area contributed by atoms with E-state index in [0.717, 1.165) is 5.56 Å². The summed E-state index contributed by atoms with van der Waals surface area (Å²) in [5.74, 6) is -1.12. The fourth-order valence-corrected chi connectivity index (χ4v) is 1.65. The molecule has 0 radical (unpaired) electrons. The smallest absolute Gasteiger partial charge is 0.326 e. The second-order valence-corrected chi connectivity index (χ2v) is 4.51. The number of carboxylic acid groups (broad SMARTS) is 1. The lowest BCUT2D eigenvalue weighted by molar-refractivity contribution is -0.140. The van der Waals surface area contributed by atoms with Gasteiger partial charge in [0.1, 0.15) is 6.04 Å². The molecule has 3 N–H and O–H groups in total. The van der Waals surface area contributed by atoms with Gasteiger partial charge in [0.2, 0.25) is 0 Å². The van der Waals surface area contributed by atoms with E-state index in [1.54, 1.807) is 6.92 Å². The third-order valence-corrected chi connectivity index (χ3v) is 3.06. The summed E-state index contributed by atoms with van der Waals surface area (Å²) in [6, 6.07) is 8.12. The Labute approximate surface area is 113 Å². The summed E-state index contributed by atoms with van der Waals surface area (Å²) in [5, 5.41) is 14.2. The zero-order valence-corrected chi connectivity index (χ0v) is 11.2. The third-order valence-electron chi connectivity index (χ3n) is 3.06. The zero-order chi connectivity index (χ0) is 14.3. The average Bonchev–Trinajstić information content (AvgIpc) is 2.42. The van der Waals surface area contributed by atoms with Crippen molar-refractivity contribution >= 4 is 12.0 Å². The van der Waals surface area contributed by atoms with E-state index in [4.69, 9.17) is 5.11 Å². The Hall–Kier alpha value is -2.04. The Kier molecular flexibility index (Phi) is 5.85. The highest BCUT2D eigenvalue weighted by molar-refractivity contribution is 5.82. The molecule has 0 fully saturated rings. The van der Waals surface area contributed by atoms with Crippen molar-refractivity contribution in [2.75, 3.05) is 0 Å². The topological polar surface area (TPSA) is 78.4 Å². The van der Waals surface area contributed by atoms with Crippen LogP contribution in [0.3, 0.4) is 0 Å². The van der Waals surface area contributed by atoms with Crippen LogP contribution in [0.2, 0.25) is 0 Å². The van der Waals surface area contributed by atoms with Crippen LogP contribution in [0.4, 0.5) is 4.79 Å². The molecule has 0 bridgehead atoms. The van der Waals surface area contributed by atoms with E-state index >= 15 is 0 Å². The molecule has 19 heavy (non-hydrogen) atoms.